The zero-order valence-electron chi connectivity index (χ0n) is 13.7. The van der Waals surface area contributed by atoms with Gasteiger partial charge in [-0.3, -0.25) is 4.79 Å². The molecule has 2 aromatic rings. The number of aromatic nitrogens is 3. The van der Waals surface area contributed by atoms with E-state index in [-0.39, 0.29) is 5.91 Å². The number of hydrogen-bond donors (Lipinski definition) is 1. The first-order valence-electron chi connectivity index (χ1n) is 7.82. The summed E-state index contributed by atoms with van der Waals surface area (Å²) >= 11 is 0. The molecule has 0 unspecified atom stereocenters. The van der Waals surface area contributed by atoms with E-state index < -0.39 is 0 Å². The van der Waals surface area contributed by atoms with Gasteiger partial charge in [0.2, 0.25) is 5.95 Å². The topological polar surface area (TPSA) is 84.2 Å². The maximum atomic E-state index is 12.4. The van der Waals surface area contributed by atoms with E-state index in [0.717, 1.165) is 48.4 Å². The van der Waals surface area contributed by atoms with Crippen molar-refractivity contribution in [3.63, 3.8) is 0 Å². The van der Waals surface area contributed by atoms with E-state index in [0.29, 0.717) is 18.2 Å². The zero-order chi connectivity index (χ0) is 16.4. The maximum absolute atomic E-state index is 12.4. The van der Waals surface area contributed by atoms with Crippen LogP contribution in [0.15, 0.2) is 10.6 Å². The van der Waals surface area contributed by atoms with Crippen molar-refractivity contribution in [2.24, 2.45) is 0 Å². The SMILES string of the molecule is Cc1cc(CNC(=O)c2noc3c2CCCC3)nc(N(C)C)n1. The Hall–Kier alpha value is -2.44. The van der Waals surface area contributed by atoms with Gasteiger partial charge in [0.05, 0.1) is 12.2 Å². The number of carbonyl (C=O) groups is 1. The Balaban J connectivity index is 1.71. The predicted octanol–water partition coefficient (Wildman–Crippen LogP) is 1.65. The number of rotatable bonds is 4. The van der Waals surface area contributed by atoms with Crippen LogP contribution in [0, 0.1) is 6.92 Å². The Morgan fingerprint density at radius 3 is 2.87 bits per heavy atom. The molecule has 0 saturated carbocycles. The monoisotopic (exact) mass is 315 g/mol. The average molecular weight is 315 g/mol. The van der Waals surface area contributed by atoms with Gasteiger partial charge in [-0.2, -0.15) is 0 Å². The fourth-order valence-corrected chi connectivity index (χ4v) is 2.73. The van der Waals surface area contributed by atoms with Crippen LogP contribution in [-0.4, -0.2) is 35.1 Å². The quantitative estimate of drug-likeness (QED) is 0.923. The van der Waals surface area contributed by atoms with Gasteiger partial charge in [-0.05, 0) is 32.3 Å². The summed E-state index contributed by atoms with van der Waals surface area (Å²) in [6.45, 7) is 2.25. The molecule has 1 N–H and O–H groups in total. The second-order valence-corrected chi connectivity index (χ2v) is 6.02. The molecule has 2 aromatic heterocycles. The van der Waals surface area contributed by atoms with Gasteiger partial charge in [0.25, 0.3) is 5.91 Å². The lowest BCUT2D eigenvalue weighted by Crippen LogP contribution is -2.25. The van der Waals surface area contributed by atoms with Gasteiger partial charge in [0.15, 0.2) is 5.69 Å². The molecule has 0 spiro atoms. The van der Waals surface area contributed by atoms with Crippen LogP contribution in [0.2, 0.25) is 0 Å². The maximum Gasteiger partial charge on any atom is 0.274 e. The summed E-state index contributed by atoms with van der Waals surface area (Å²) in [6, 6.07) is 1.87. The first kappa shape index (κ1) is 15.5. The summed E-state index contributed by atoms with van der Waals surface area (Å²) in [6.07, 6.45) is 3.90. The highest BCUT2D eigenvalue weighted by atomic mass is 16.5. The normalized spacial score (nSPS) is 13.5. The van der Waals surface area contributed by atoms with Crippen molar-refractivity contribution in [1.82, 2.24) is 20.4 Å². The fourth-order valence-electron chi connectivity index (χ4n) is 2.73. The summed E-state index contributed by atoms with van der Waals surface area (Å²) in [4.78, 5) is 23.0. The summed E-state index contributed by atoms with van der Waals surface area (Å²) in [5.74, 6) is 1.28. The van der Waals surface area contributed by atoms with Crippen molar-refractivity contribution in [2.45, 2.75) is 39.2 Å². The molecular weight excluding hydrogens is 294 g/mol. The summed E-state index contributed by atoms with van der Waals surface area (Å²) in [5.41, 5.74) is 3.01. The molecule has 1 aliphatic carbocycles. The van der Waals surface area contributed by atoms with E-state index in [1.54, 1.807) is 0 Å². The Morgan fingerprint density at radius 2 is 2.09 bits per heavy atom. The third kappa shape index (κ3) is 3.33. The Morgan fingerprint density at radius 1 is 1.30 bits per heavy atom. The lowest BCUT2D eigenvalue weighted by molar-refractivity contribution is 0.0940. The van der Waals surface area contributed by atoms with Crippen molar-refractivity contribution in [2.75, 3.05) is 19.0 Å². The van der Waals surface area contributed by atoms with Gasteiger partial charge in [0, 0.05) is 31.8 Å². The van der Waals surface area contributed by atoms with Crippen molar-refractivity contribution < 1.29 is 9.32 Å². The highest BCUT2D eigenvalue weighted by Crippen LogP contribution is 2.24. The first-order valence-corrected chi connectivity index (χ1v) is 7.82. The second-order valence-electron chi connectivity index (χ2n) is 6.02. The van der Waals surface area contributed by atoms with E-state index in [4.69, 9.17) is 4.52 Å². The average Bonchev–Trinajstić information content (AvgIpc) is 2.96. The molecule has 0 aliphatic heterocycles. The van der Waals surface area contributed by atoms with Gasteiger partial charge in [0.1, 0.15) is 5.76 Å². The lowest BCUT2D eigenvalue weighted by Gasteiger charge is -2.13. The molecule has 0 atom stereocenters. The van der Waals surface area contributed by atoms with Crippen LogP contribution in [-0.2, 0) is 19.4 Å². The minimum atomic E-state index is -0.209. The molecule has 0 radical (unpaired) electrons. The minimum Gasteiger partial charge on any atom is -0.360 e. The second kappa shape index (κ2) is 6.36. The van der Waals surface area contributed by atoms with Gasteiger partial charge in [-0.25, -0.2) is 9.97 Å². The van der Waals surface area contributed by atoms with Crippen molar-refractivity contribution in [1.29, 1.82) is 0 Å². The van der Waals surface area contributed by atoms with E-state index in [1.807, 2.05) is 32.0 Å². The van der Waals surface area contributed by atoms with Crippen LogP contribution >= 0.6 is 0 Å². The minimum absolute atomic E-state index is 0.209. The third-order valence-electron chi connectivity index (χ3n) is 3.89. The molecule has 7 heteroatoms. The van der Waals surface area contributed by atoms with Gasteiger partial charge in [-0.1, -0.05) is 5.16 Å². The fraction of sp³-hybridized carbons (Fsp3) is 0.500. The van der Waals surface area contributed by atoms with Gasteiger partial charge < -0.3 is 14.7 Å². The molecule has 0 bridgehead atoms. The molecule has 1 amide bonds. The largest absolute Gasteiger partial charge is 0.360 e. The molecule has 0 fully saturated rings. The molecule has 23 heavy (non-hydrogen) atoms. The van der Waals surface area contributed by atoms with Crippen LogP contribution < -0.4 is 10.2 Å². The standard InChI is InChI=1S/C16H21N5O2/c1-10-8-11(19-16(18-10)21(2)3)9-17-15(22)14-12-6-4-5-7-13(12)23-20-14/h8H,4-7,9H2,1-3H3,(H,17,22). The lowest BCUT2D eigenvalue weighted by atomic mass is 9.96. The van der Waals surface area contributed by atoms with E-state index >= 15 is 0 Å². The molecule has 1 aliphatic rings. The van der Waals surface area contributed by atoms with Gasteiger partial charge in [-0.15, -0.1) is 0 Å². The first-order chi connectivity index (χ1) is 11.0. The predicted molar refractivity (Wildman–Crippen MR) is 85.4 cm³/mol. The molecular formula is C16H21N5O2. The number of carbonyl (C=O) groups excluding carboxylic acids is 1. The third-order valence-corrected chi connectivity index (χ3v) is 3.89. The van der Waals surface area contributed by atoms with Crippen LogP contribution in [0.5, 0.6) is 0 Å². The number of nitrogens with one attached hydrogen (secondary N) is 1. The molecule has 0 aromatic carbocycles. The molecule has 3 rings (SSSR count). The number of amides is 1. The number of fused-ring (bicyclic) bond motifs is 1. The Labute approximate surface area is 135 Å². The molecule has 2 heterocycles. The number of anilines is 1. The summed E-state index contributed by atoms with van der Waals surface area (Å²) in [5, 5.41) is 6.82. The van der Waals surface area contributed by atoms with Crippen LogP contribution in [0.3, 0.4) is 0 Å². The Bertz CT molecular complexity index is 723. The van der Waals surface area contributed by atoms with E-state index in [1.165, 1.54) is 0 Å². The van der Waals surface area contributed by atoms with Crippen LogP contribution in [0.1, 0.15) is 46.0 Å². The smallest absolute Gasteiger partial charge is 0.274 e. The highest BCUT2D eigenvalue weighted by molar-refractivity contribution is 5.93. The van der Waals surface area contributed by atoms with E-state index in [2.05, 4.69) is 20.4 Å². The van der Waals surface area contributed by atoms with Crippen molar-refractivity contribution >= 4 is 11.9 Å². The molecule has 0 saturated heterocycles. The van der Waals surface area contributed by atoms with E-state index in [9.17, 15) is 4.79 Å². The number of hydrogen-bond acceptors (Lipinski definition) is 6. The number of nitrogens with zero attached hydrogens (tertiary/aromatic N) is 4. The van der Waals surface area contributed by atoms with Gasteiger partial charge >= 0.3 is 0 Å². The van der Waals surface area contributed by atoms with Crippen LogP contribution in [0.25, 0.3) is 0 Å². The summed E-state index contributed by atoms with van der Waals surface area (Å²) < 4.78 is 5.29. The molecule has 7 nitrogen and oxygen atoms in total. The van der Waals surface area contributed by atoms with Crippen molar-refractivity contribution in [3.05, 3.63) is 34.5 Å². The molecule has 122 valence electrons. The summed E-state index contributed by atoms with van der Waals surface area (Å²) in [7, 11) is 3.78. The van der Waals surface area contributed by atoms with Crippen molar-refractivity contribution in [3.8, 4) is 0 Å². The number of aryl methyl sites for hydroxylation is 2. The highest BCUT2D eigenvalue weighted by Gasteiger charge is 2.23. The zero-order valence-corrected chi connectivity index (χ0v) is 13.7. The Kier molecular flexibility index (Phi) is 4.27. The van der Waals surface area contributed by atoms with Crippen LogP contribution in [0.4, 0.5) is 5.95 Å².